The summed E-state index contributed by atoms with van der Waals surface area (Å²) >= 11 is 0. The Morgan fingerprint density at radius 3 is 2.23 bits per heavy atom. The van der Waals surface area contributed by atoms with Gasteiger partial charge in [-0.05, 0) is 6.42 Å². The Balaban J connectivity index is 0. The number of hydrogen-bond acceptors (Lipinski definition) is 3. The molecule has 4 nitrogen and oxygen atoms in total. The van der Waals surface area contributed by atoms with Crippen LogP contribution in [0, 0.1) is 17.2 Å². The topological polar surface area (TPSA) is 78.9 Å². The van der Waals surface area contributed by atoms with Gasteiger partial charge in [-0.25, -0.2) is 0 Å². The highest BCUT2D eigenvalue weighted by atomic mass is 16.2. The zero-order chi connectivity index (χ0) is 10.7. The first-order valence-electron chi connectivity index (χ1n) is 4.57. The summed E-state index contributed by atoms with van der Waals surface area (Å²) in [7, 11) is 0. The molecule has 0 aliphatic carbocycles. The normalized spacial score (nSPS) is 18.4. The first-order valence-corrected chi connectivity index (χ1v) is 4.57. The molecule has 4 heteroatoms. The molecule has 0 aromatic heterocycles. The summed E-state index contributed by atoms with van der Waals surface area (Å²) in [5, 5.41) is 10.2. The van der Waals surface area contributed by atoms with Gasteiger partial charge in [-0.1, -0.05) is 20.8 Å². The molecule has 0 bridgehead atoms. The third-order valence-corrected chi connectivity index (χ3v) is 1.42. The molecular weight excluding hydrogens is 166 g/mol. The van der Waals surface area contributed by atoms with Crippen molar-refractivity contribution < 1.29 is 4.79 Å². The third-order valence-electron chi connectivity index (χ3n) is 1.42. The molecule has 1 aliphatic rings. The molecule has 1 atom stereocenters. The molecule has 1 unspecified atom stereocenters. The largest absolute Gasteiger partial charge is 0.356 e. The van der Waals surface area contributed by atoms with E-state index >= 15 is 0 Å². The molecule has 0 aromatic rings. The minimum Gasteiger partial charge on any atom is -0.356 e. The van der Waals surface area contributed by atoms with Gasteiger partial charge in [0.05, 0.1) is 12.6 Å². The highest BCUT2D eigenvalue weighted by molar-refractivity contribution is 5.80. The monoisotopic (exact) mass is 185 g/mol. The van der Waals surface area contributed by atoms with Crippen molar-refractivity contribution in [1.82, 2.24) is 5.32 Å². The lowest BCUT2D eigenvalue weighted by atomic mass is 10.1. The summed E-state index contributed by atoms with van der Waals surface area (Å²) in [6.07, 6.45) is 1.01. The fourth-order valence-corrected chi connectivity index (χ4v) is 0.717. The van der Waals surface area contributed by atoms with Crippen LogP contribution >= 0.6 is 0 Å². The van der Waals surface area contributed by atoms with Crippen molar-refractivity contribution in [2.75, 3.05) is 13.1 Å². The first-order chi connectivity index (χ1) is 6.22. The van der Waals surface area contributed by atoms with E-state index in [1.165, 1.54) is 0 Å². The summed E-state index contributed by atoms with van der Waals surface area (Å²) in [6, 6.07) is 1.71. The van der Waals surface area contributed by atoms with E-state index < -0.39 is 0 Å². The van der Waals surface area contributed by atoms with Crippen LogP contribution in [0.15, 0.2) is 0 Å². The Kier molecular flexibility index (Phi) is 12.1. The second kappa shape index (κ2) is 10.9. The predicted molar refractivity (Wildman–Crippen MR) is 52.8 cm³/mol. The van der Waals surface area contributed by atoms with Crippen molar-refractivity contribution in [2.24, 2.45) is 11.7 Å². The summed E-state index contributed by atoms with van der Waals surface area (Å²) in [5.74, 6) is 0.472. The molecule has 1 fully saturated rings. The highest BCUT2D eigenvalue weighted by Crippen LogP contribution is 2.05. The minimum absolute atomic E-state index is 0.125. The molecular formula is C9H19N3O. The molecule has 1 amide bonds. The molecule has 76 valence electrons. The average molecular weight is 185 g/mol. The Morgan fingerprint density at radius 1 is 1.69 bits per heavy atom. The molecule has 1 aliphatic heterocycles. The molecule has 3 N–H and O–H groups in total. The van der Waals surface area contributed by atoms with Gasteiger partial charge in [0.1, 0.15) is 0 Å². The molecule has 1 saturated heterocycles. The third kappa shape index (κ3) is 8.83. The van der Waals surface area contributed by atoms with Crippen LogP contribution in [0.4, 0.5) is 0 Å². The van der Waals surface area contributed by atoms with Crippen LogP contribution in [0.3, 0.4) is 0 Å². The quantitative estimate of drug-likeness (QED) is 0.543. The summed E-state index contributed by atoms with van der Waals surface area (Å²) in [5.41, 5.74) is 4.67. The summed E-state index contributed by atoms with van der Waals surface area (Å²) in [6.45, 7) is 6.95. The zero-order valence-electron chi connectivity index (χ0n) is 8.63. The van der Waals surface area contributed by atoms with Gasteiger partial charge in [0.2, 0.25) is 5.91 Å². The van der Waals surface area contributed by atoms with Gasteiger partial charge in [0.25, 0.3) is 0 Å². The Labute approximate surface area is 80.1 Å². The van der Waals surface area contributed by atoms with E-state index in [9.17, 15) is 4.79 Å². The number of carbonyl (C=O) groups is 1. The number of rotatable bonds is 0. The van der Waals surface area contributed by atoms with Gasteiger partial charge >= 0.3 is 0 Å². The zero-order valence-corrected chi connectivity index (χ0v) is 8.63. The molecule has 0 saturated carbocycles. The lowest BCUT2D eigenvalue weighted by Crippen LogP contribution is -2.16. The molecule has 0 spiro atoms. The van der Waals surface area contributed by atoms with Crippen LogP contribution < -0.4 is 11.1 Å². The molecule has 0 aromatic carbocycles. The van der Waals surface area contributed by atoms with Gasteiger partial charge in [-0.2, -0.15) is 5.26 Å². The molecule has 1 rings (SSSR count). The average Bonchev–Trinajstić information content (AvgIpc) is 2.55. The van der Waals surface area contributed by atoms with Gasteiger partial charge in [0, 0.05) is 12.5 Å². The summed E-state index contributed by atoms with van der Waals surface area (Å²) < 4.78 is 0. The maximum Gasteiger partial charge on any atom is 0.222 e. The second-order valence-corrected chi connectivity index (χ2v) is 2.34. The smallest absolute Gasteiger partial charge is 0.222 e. The Morgan fingerprint density at radius 2 is 2.15 bits per heavy atom. The fraction of sp³-hybridized carbons (Fsp3) is 0.778. The fourth-order valence-electron chi connectivity index (χ4n) is 0.717. The van der Waals surface area contributed by atoms with E-state index in [1.807, 2.05) is 20.8 Å². The molecule has 0 radical (unpaired) electrons. The number of amides is 1. The number of hydrogen-bond donors (Lipinski definition) is 2. The van der Waals surface area contributed by atoms with Crippen molar-refractivity contribution in [3.63, 3.8) is 0 Å². The standard InChI is InChI=1S/C5H9NO.C2H4N2.C2H6/c1-4-2-3-6-5(4)7;3-1-2-4;1-2/h4H,2-3H2,1H3,(H,6,7);1,3H2;1-2H3. The predicted octanol–water partition coefficient (Wildman–Crippen LogP) is 0.637. The maximum absolute atomic E-state index is 10.5. The van der Waals surface area contributed by atoms with Gasteiger partial charge in [-0.15, -0.1) is 0 Å². The van der Waals surface area contributed by atoms with Crippen LogP contribution in [0.2, 0.25) is 0 Å². The van der Waals surface area contributed by atoms with E-state index in [0.717, 1.165) is 13.0 Å². The molecule has 1 heterocycles. The van der Waals surface area contributed by atoms with E-state index in [2.05, 4.69) is 11.1 Å². The van der Waals surface area contributed by atoms with Gasteiger partial charge in [0.15, 0.2) is 0 Å². The van der Waals surface area contributed by atoms with Crippen LogP contribution in [0.25, 0.3) is 0 Å². The number of nitrogens with zero attached hydrogens (tertiary/aromatic N) is 1. The van der Waals surface area contributed by atoms with Crippen LogP contribution in [-0.2, 0) is 4.79 Å². The number of nitrogens with one attached hydrogen (secondary N) is 1. The Hall–Kier alpha value is -1.08. The highest BCUT2D eigenvalue weighted by Gasteiger charge is 2.17. The first kappa shape index (κ1) is 14.4. The van der Waals surface area contributed by atoms with Crippen molar-refractivity contribution in [3.8, 4) is 6.07 Å². The van der Waals surface area contributed by atoms with Crippen molar-refractivity contribution in [2.45, 2.75) is 27.2 Å². The van der Waals surface area contributed by atoms with Gasteiger partial charge < -0.3 is 11.1 Å². The number of carbonyl (C=O) groups excluding carboxylic acids is 1. The van der Waals surface area contributed by atoms with E-state index in [1.54, 1.807) is 6.07 Å². The summed E-state index contributed by atoms with van der Waals surface area (Å²) in [4.78, 5) is 10.5. The second-order valence-electron chi connectivity index (χ2n) is 2.34. The van der Waals surface area contributed by atoms with Crippen LogP contribution in [0.1, 0.15) is 27.2 Å². The SMILES string of the molecule is CC.CC1CCNC1=O.N#CCN. The van der Waals surface area contributed by atoms with Crippen molar-refractivity contribution in [3.05, 3.63) is 0 Å². The lowest BCUT2D eigenvalue weighted by Gasteiger charge is -1.90. The number of nitriles is 1. The number of nitrogens with two attached hydrogens (primary N) is 1. The van der Waals surface area contributed by atoms with Gasteiger partial charge in [-0.3, -0.25) is 4.79 Å². The maximum atomic E-state index is 10.5. The van der Waals surface area contributed by atoms with Crippen molar-refractivity contribution in [1.29, 1.82) is 5.26 Å². The molecule has 13 heavy (non-hydrogen) atoms. The minimum atomic E-state index is 0.125. The lowest BCUT2D eigenvalue weighted by molar-refractivity contribution is -0.121. The van der Waals surface area contributed by atoms with E-state index in [-0.39, 0.29) is 18.4 Å². The van der Waals surface area contributed by atoms with Crippen molar-refractivity contribution >= 4 is 5.91 Å². The van der Waals surface area contributed by atoms with E-state index in [4.69, 9.17) is 5.26 Å². The van der Waals surface area contributed by atoms with Crippen LogP contribution in [-0.4, -0.2) is 19.0 Å². The van der Waals surface area contributed by atoms with Crippen LogP contribution in [0.5, 0.6) is 0 Å². The van der Waals surface area contributed by atoms with E-state index in [0.29, 0.717) is 0 Å². The Bertz CT molecular complexity index is 163.